The topological polar surface area (TPSA) is 69.7 Å². The molecule has 0 aromatic heterocycles. The molecule has 0 bridgehead atoms. The number of hydrogen-bond acceptors (Lipinski definition) is 4. The van der Waals surface area contributed by atoms with Gasteiger partial charge < -0.3 is 9.80 Å². The van der Waals surface area contributed by atoms with E-state index in [4.69, 9.17) is 11.6 Å². The van der Waals surface area contributed by atoms with Crippen LogP contribution in [0.15, 0.2) is 71.6 Å². The quantitative estimate of drug-likeness (QED) is 0.471. The number of carbonyl (C=O) groups is 1. The van der Waals surface area contributed by atoms with Gasteiger partial charge in [-0.15, -0.1) is 0 Å². The van der Waals surface area contributed by atoms with Crippen LogP contribution in [0.2, 0.25) is 5.02 Å². The van der Waals surface area contributed by atoms with Gasteiger partial charge in [-0.25, -0.2) is 8.42 Å². The Bertz CT molecular complexity index is 1370. The summed E-state index contributed by atoms with van der Waals surface area (Å²) >= 11 is 6.29. The maximum Gasteiger partial charge on any atom is 0.416 e. The second-order valence-corrected chi connectivity index (χ2v) is 10.5. The van der Waals surface area contributed by atoms with Crippen molar-refractivity contribution in [3.05, 3.63) is 88.4 Å². The summed E-state index contributed by atoms with van der Waals surface area (Å²) < 4.78 is 66.8. The third-order valence-electron chi connectivity index (χ3n) is 5.90. The van der Waals surface area contributed by atoms with Crippen molar-refractivity contribution in [2.45, 2.75) is 18.0 Å². The van der Waals surface area contributed by atoms with Crippen LogP contribution < -0.4 is 9.62 Å². The van der Waals surface area contributed by atoms with Crippen molar-refractivity contribution < 1.29 is 26.4 Å². The highest BCUT2D eigenvalue weighted by molar-refractivity contribution is 7.92. The molecule has 3 aromatic carbocycles. The lowest BCUT2D eigenvalue weighted by atomic mass is 10.1. The predicted molar refractivity (Wildman–Crippen MR) is 133 cm³/mol. The first kappa shape index (κ1) is 25.8. The van der Waals surface area contributed by atoms with Gasteiger partial charge in [0, 0.05) is 37.4 Å². The first-order valence-corrected chi connectivity index (χ1v) is 12.9. The zero-order valence-electron chi connectivity index (χ0n) is 19.2. The number of amides is 1. The molecule has 0 saturated carbocycles. The van der Waals surface area contributed by atoms with Crippen LogP contribution in [0.5, 0.6) is 0 Å². The van der Waals surface area contributed by atoms with E-state index in [0.717, 1.165) is 17.7 Å². The molecule has 3 aromatic rings. The van der Waals surface area contributed by atoms with Crippen LogP contribution >= 0.6 is 11.6 Å². The Morgan fingerprint density at radius 3 is 2.22 bits per heavy atom. The number of sulfonamides is 1. The van der Waals surface area contributed by atoms with Crippen molar-refractivity contribution in [3.63, 3.8) is 0 Å². The molecule has 1 fully saturated rings. The molecule has 1 saturated heterocycles. The second-order valence-electron chi connectivity index (χ2n) is 8.44. The van der Waals surface area contributed by atoms with E-state index in [-0.39, 0.29) is 27.1 Å². The van der Waals surface area contributed by atoms with Gasteiger partial charge in [0.05, 0.1) is 21.2 Å². The summed E-state index contributed by atoms with van der Waals surface area (Å²) in [6.45, 7) is 3.22. The molecule has 0 atom stereocenters. The molecule has 1 amide bonds. The number of aryl methyl sites for hydroxylation is 1. The summed E-state index contributed by atoms with van der Waals surface area (Å²) in [5.41, 5.74) is 1.08. The van der Waals surface area contributed by atoms with Crippen molar-refractivity contribution >= 4 is 38.9 Å². The van der Waals surface area contributed by atoms with E-state index < -0.39 is 21.8 Å². The van der Waals surface area contributed by atoms with E-state index in [1.807, 2.05) is 6.92 Å². The second kappa shape index (κ2) is 10.0. The van der Waals surface area contributed by atoms with Crippen LogP contribution in [0, 0.1) is 6.92 Å². The summed E-state index contributed by atoms with van der Waals surface area (Å²) in [5, 5.41) is 0.0686. The van der Waals surface area contributed by atoms with Gasteiger partial charge in [0.1, 0.15) is 0 Å². The Morgan fingerprint density at radius 1 is 0.944 bits per heavy atom. The minimum Gasteiger partial charge on any atom is -0.368 e. The fraction of sp³-hybridized carbons (Fsp3) is 0.240. The number of carbonyl (C=O) groups excluding carboxylic acids is 1. The van der Waals surface area contributed by atoms with E-state index in [1.54, 1.807) is 28.0 Å². The van der Waals surface area contributed by atoms with Crippen LogP contribution in [0.25, 0.3) is 0 Å². The largest absolute Gasteiger partial charge is 0.416 e. The third kappa shape index (κ3) is 5.76. The van der Waals surface area contributed by atoms with Gasteiger partial charge in [0.2, 0.25) is 0 Å². The van der Waals surface area contributed by atoms with Crippen molar-refractivity contribution in [1.29, 1.82) is 0 Å². The van der Waals surface area contributed by atoms with Crippen LogP contribution in [-0.2, 0) is 16.2 Å². The Morgan fingerprint density at radius 2 is 1.61 bits per heavy atom. The SMILES string of the molecule is Cc1ccc(S(=O)(=O)Nc2ccc(C(=O)N3CCN(c4cccc(C(F)(F)F)c4)CC3)cc2Cl)cc1. The molecule has 4 rings (SSSR count). The lowest BCUT2D eigenvalue weighted by Crippen LogP contribution is -2.48. The minimum absolute atomic E-state index is 0.0686. The number of piperazine rings is 1. The fourth-order valence-electron chi connectivity index (χ4n) is 3.88. The average Bonchev–Trinajstić information content (AvgIpc) is 2.85. The van der Waals surface area contributed by atoms with Crippen LogP contribution in [0.3, 0.4) is 0 Å². The Labute approximate surface area is 212 Å². The van der Waals surface area contributed by atoms with Crippen molar-refractivity contribution in [2.24, 2.45) is 0 Å². The van der Waals surface area contributed by atoms with Gasteiger partial charge in [-0.2, -0.15) is 13.2 Å². The summed E-state index contributed by atoms with van der Waals surface area (Å²) in [4.78, 5) is 16.5. The summed E-state index contributed by atoms with van der Waals surface area (Å²) in [6.07, 6.45) is -4.42. The average molecular weight is 538 g/mol. The molecule has 190 valence electrons. The molecule has 0 radical (unpaired) electrons. The molecule has 1 aliphatic rings. The Balaban J connectivity index is 1.41. The number of nitrogens with one attached hydrogen (secondary N) is 1. The van der Waals surface area contributed by atoms with Gasteiger partial charge in [0.25, 0.3) is 15.9 Å². The number of rotatable bonds is 5. The predicted octanol–water partition coefficient (Wildman–Crippen LogP) is 5.43. The molecule has 6 nitrogen and oxygen atoms in total. The number of anilines is 2. The molecule has 0 unspecified atom stereocenters. The molecule has 1 aliphatic heterocycles. The zero-order valence-corrected chi connectivity index (χ0v) is 20.8. The van der Waals surface area contributed by atoms with E-state index >= 15 is 0 Å². The molecule has 0 aliphatic carbocycles. The number of halogens is 4. The summed E-state index contributed by atoms with van der Waals surface area (Å²) in [5.74, 6) is -0.298. The summed E-state index contributed by atoms with van der Waals surface area (Å²) in [6, 6.07) is 15.8. The van der Waals surface area contributed by atoms with E-state index in [2.05, 4.69) is 4.72 Å². The number of benzene rings is 3. The highest BCUT2D eigenvalue weighted by Crippen LogP contribution is 2.32. The molecule has 36 heavy (non-hydrogen) atoms. The first-order chi connectivity index (χ1) is 16.9. The zero-order chi connectivity index (χ0) is 26.1. The van der Waals surface area contributed by atoms with Gasteiger partial charge in [-0.3, -0.25) is 9.52 Å². The number of nitrogens with zero attached hydrogens (tertiary/aromatic N) is 2. The third-order valence-corrected chi connectivity index (χ3v) is 7.59. The van der Waals surface area contributed by atoms with Gasteiger partial charge in [-0.1, -0.05) is 35.4 Å². The Hall–Kier alpha value is -3.24. The van der Waals surface area contributed by atoms with Crippen LogP contribution in [-0.4, -0.2) is 45.4 Å². The van der Waals surface area contributed by atoms with Crippen LogP contribution in [0.1, 0.15) is 21.5 Å². The van der Waals surface area contributed by atoms with E-state index in [0.29, 0.717) is 31.9 Å². The molecule has 1 heterocycles. The number of alkyl halides is 3. The molecular weight excluding hydrogens is 515 g/mol. The standard InChI is InChI=1S/C25H23ClF3N3O3S/c1-17-5-8-21(9-6-17)36(34,35)30-23-10-7-18(15-22(23)26)24(33)32-13-11-31(12-14-32)20-4-2-3-19(16-20)25(27,28)29/h2-10,15-16,30H,11-14H2,1H3. The Kier molecular flexibility index (Phi) is 7.19. The smallest absolute Gasteiger partial charge is 0.368 e. The van der Waals surface area contributed by atoms with Crippen molar-refractivity contribution in [2.75, 3.05) is 35.8 Å². The molecule has 0 spiro atoms. The fourth-order valence-corrected chi connectivity index (χ4v) is 5.24. The van der Waals surface area contributed by atoms with E-state index in [1.165, 1.54) is 36.4 Å². The molecule has 11 heteroatoms. The highest BCUT2D eigenvalue weighted by Gasteiger charge is 2.31. The molecule has 1 N–H and O–H groups in total. The molecular formula is C25H23ClF3N3O3S. The van der Waals surface area contributed by atoms with Crippen molar-refractivity contribution in [3.8, 4) is 0 Å². The minimum atomic E-state index is -4.42. The summed E-state index contributed by atoms with van der Waals surface area (Å²) in [7, 11) is -3.86. The maximum atomic E-state index is 13.0. The maximum absolute atomic E-state index is 13.0. The number of hydrogen-bond donors (Lipinski definition) is 1. The van der Waals surface area contributed by atoms with Gasteiger partial charge >= 0.3 is 6.18 Å². The highest BCUT2D eigenvalue weighted by atomic mass is 35.5. The normalized spacial score (nSPS) is 14.6. The van der Waals surface area contributed by atoms with E-state index in [9.17, 15) is 26.4 Å². The lowest BCUT2D eigenvalue weighted by Gasteiger charge is -2.36. The van der Waals surface area contributed by atoms with Crippen LogP contribution in [0.4, 0.5) is 24.5 Å². The van der Waals surface area contributed by atoms with Gasteiger partial charge in [0.15, 0.2) is 0 Å². The lowest BCUT2D eigenvalue weighted by molar-refractivity contribution is -0.137. The first-order valence-electron chi connectivity index (χ1n) is 11.0. The van der Waals surface area contributed by atoms with Crippen molar-refractivity contribution in [1.82, 2.24) is 4.90 Å². The monoisotopic (exact) mass is 537 g/mol. The van der Waals surface area contributed by atoms with Gasteiger partial charge in [-0.05, 0) is 55.5 Å².